The van der Waals surface area contributed by atoms with Gasteiger partial charge in [-0.1, -0.05) is 29.8 Å². The Morgan fingerprint density at radius 2 is 2.07 bits per heavy atom. The van der Waals surface area contributed by atoms with Gasteiger partial charge in [-0.15, -0.1) is 0 Å². The summed E-state index contributed by atoms with van der Waals surface area (Å²) in [6.45, 7) is 0. The molecule has 0 spiro atoms. The number of nitrogens with one attached hydrogen (secondary N) is 1. The van der Waals surface area contributed by atoms with E-state index in [1.54, 1.807) is 36.4 Å². The number of anilines is 1. The number of halogens is 2. The van der Waals surface area contributed by atoms with Gasteiger partial charge < -0.3 is 9.84 Å². The summed E-state index contributed by atoms with van der Waals surface area (Å²) in [5.74, 6) is 0.301. The Labute approximate surface area is 168 Å². The molecule has 0 radical (unpaired) electrons. The van der Waals surface area contributed by atoms with Crippen LogP contribution >= 0.6 is 27.5 Å². The van der Waals surface area contributed by atoms with Crippen molar-refractivity contribution in [3.63, 3.8) is 0 Å². The quantitative estimate of drug-likeness (QED) is 0.457. The van der Waals surface area contributed by atoms with E-state index in [0.717, 1.165) is 0 Å². The monoisotopic (exact) mass is 448 g/mol. The molecule has 0 aliphatic carbocycles. The summed E-state index contributed by atoms with van der Waals surface area (Å²) in [5, 5.41) is 18.0. The molecule has 3 aromatic rings. The first-order valence-electron chi connectivity index (χ1n) is 7.70. The van der Waals surface area contributed by atoms with Gasteiger partial charge >= 0.3 is 0 Å². The predicted molar refractivity (Wildman–Crippen MR) is 108 cm³/mol. The zero-order chi connectivity index (χ0) is 19.4. The van der Waals surface area contributed by atoms with Gasteiger partial charge in [-0.05, 0) is 45.8 Å². The summed E-state index contributed by atoms with van der Waals surface area (Å²) >= 11 is 9.39. The summed E-state index contributed by atoms with van der Waals surface area (Å²) in [6.07, 6.45) is 2.91. The van der Waals surface area contributed by atoms with Gasteiger partial charge in [0.2, 0.25) is 0 Å². The smallest absolute Gasteiger partial charge is 0.292 e. The molecule has 138 valence electrons. The van der Waals surface area contributed by atoms with Gasteiger partial charge in [0.15, 0.2) is 11.5 Å². The second kappa shape index (κ2) is 8.24. The molecule has 0 saturated heterocycles. The van der Waals surface area contributed by atoms with Crippen LogP contribution in [0.1, 0.15) is 5.56 Å². The van der Waals surface area contributed by atoms with Crippen LogP contribution < -0.4 is 15.7 Å². The summed E-state index contributed by atoms with van der Waals surface area (Å²) in [5.41, 5.74) is 3.78. The van der Waals surface area contributed by atoms with E-state index in [2.05, 4.69) is 31.6 Å². The first-order chi connectivity index (χ1) is 13.0. The van der Waals surface area contributed by atoms with E-state index in [4.69, 9.17) is 16.3 Å². The molecule has 2 N–H and O–H groups in total. The molecule has 0 fully saturated rings. The van der Waals surface area contributed by atoms with Gasteiger partial charge in [0, 0.05) is 0 Å². The summed E-state index contributed by atoms with van der Waals surface area (Å²) in [6, 6.07) is 12.2. The lowest BCUT2D eigenvalue weighted by molar-refractivity contribution is 0.372. The highest BCUT2D eigenvalue weighted by molar-refractivity contribution is 9.10. The standard InChI is InChI=1S/C18H14BrClN4O3/c1-27-15-8-11(7-13(19)17(15)25)9-21-23-14-10-22-24(18(26)16(14)20)12-5-3-2-4-6-12/h2-10,23,25H,1H3/b21-9+. The lowest BCUT2D eigenvalue weighted by Crippen LogP contribution is -2.22. The number of methoxy groups -OCH3 is 1. The molecule has 27 heavy (non-hydrogen) atoms. The van der Waals surface area contributed by atoms with Crippen LogP contribution in [0, 0.1) is 0 Å². The molecule has 0 saturated carbocycles. The Balaban J connectivity index is 1.83. The molecule has 2 aromatic carbocycles. The average molecular weight is 450 g/mol. The van der Waals surface area contributed by atoms with E-state index in [1.807, 2.05) is 6.07 Å². The van der Waals surface area contributed by atoms with Crippen LogP contribution in [0.4, 0.5) is 5.69 Å². The Bertz CT molecular complexity index is 1050. The van der Waals surface area contributed by atoms with Crippen LogP contribution in [0.2, 0.25) is 5.02 Å². The number of benzene rings is 2. The van der Waals surface area contributed by atoms with Crippen molar-refractivity contribution >= 4 is 39.4 Å². The number of hydrogen-bond acceptors (Lipinski definition) is 6. The molecule has 7 nitrogen and oxygen atoms in total. The minimum atomic E-state index is -0.461. The maximum atomic E-state index is 12.4. The van der Waals surface area contributed by atoms with Crippen molar-refractivity contribution < 1.29 is 9.84 Å². The second-order valence-electron chi connectivity index (χ2n) is 5.35. The van der Waals surface area contributed by atoms with E-state index < -0.39 is 5.56 Å². The molecule has 9 heteroatoms. The van der Waals surface area contributed by atoms with Gasteiger partial charge in [-0.25, -0.2) is 0 Å². The number of ether oxygens (including phenoxy) is 1. The van der Waals surface area contributed by atoms with Crippen LogP contribution in [0.3, 0.4) is 0 Å². The molecular formula is C18H14BrClN4O3. The van der Waals surface area contributed by atoms with E-state index in [1.165, 1.54) is 24.2 Å². The number of para-hydroxylation sites is 1. The van der Waals surface area contributed by atoms with Crippen molar-refractivity contribution in [1.82, 2.24) is 9.78 Å². The lowest BCUT2D eigenvalue weighted by atomic mass is 10.2. The van der Waals surface area contributed by atoms with Crippen LogP contribution in [0.25, 0.3) is 5.69 Å². The highest BCUT2D eigenvalue weighted by atomic mass is 79.9. The number of hydrogen-bond donors (Lipinski definition) is 2. The summed E-state index contributed by atoms with van der Waals surface area (Å²) in [7, 11) is 1.45. The third-order valence-electron chi connectivity index (χ3n) is 3.59. The van der Waals surface area contributed by atoms with E-state index >= 15 is 0 Å². The number of aromatic hydroxyl groups is 1. The van der Waals surface area contributed by atoms with Crippen LogP contribution in [-0.2, 0) is 0 Å². The van der Waals surface area contributed by atoms with Crippen LogP contribution in [-0.4, -0.2) is 28.2 Å². The number of aromatic nitrogens is 2. The van der Waals surface area contributed by atoms with Crippen molar-refractivity contribution in [2.45, 2.75) is 0 Å². The van der Waals surface area contributed by atoms with Gasteiger partial charge in [0.05, 0.1) is 29.7 Å². The van der Waals surface area contributed by atoms with E-state index in [9.17, 15) is 9.90 Å². The van der Waals surface area contributed by atoms with Crippen molar-refractivity contribution in [1.29, 1.82) is 0 Å². The molecule has 1 heterocycles. The molecule has 0 bridgehead atoms. The summed E-state index contributed by atoms with van der Waals surface area (Å²) in [4.78, 5) is 12.4. The molecular weight excluding hydrogens is 436 g/mol. The largest absolute Gasteiger partial charge is 0.503 e. The topological polar surface area (TPSA) is 88.7 Å². The first-order valence-corrected chi connectivity index (χ1v) is 8.87. The van der Waals surface area contributed by atoms with Crippen molar-refractivity contribution in [3.05, 3.63) is 74.1 Å². The molecule has 0 aliphatic rings. The molecule has 1 aromatic heterocycles. The fourth-order valence-corrected chi connectivity index (χ4v) is 2.89. The zero-order valence-electron chi connectivity index (χ0n) is 14.1. The van der Waals surface area contributed by atoms with E-state index in [0.29, 0.717) is 21.5 Å². The summed E-state index contributed by atoms with van der Waals surface area (Å²) < 4.78 is 6.76. The van der Waals surface area contributed by atoms with Crippen molar-refractivity contribution in [2.75, 3.05) is 12.5 Å². The number of phenols is 1. The predicted octanol–water partition coefficient (Wildman–Crippen LogP) is 3.81. The molecule has 0 amide bonds. The Morgan fingerprint density at radius 1 is 1.33 bits per heavy atom. The number of rotatable bonds is 5. The zero-order valence-corrected chi connectivity index (χ0v) is 16.4. The number of nitrogens with zero attached hydrogens (tertiary/aromatic N) is 3. The minimum Gasteiger partial charge on any atom is -0.503 e. The number of phenolic OH excluding ortho intramolecular Hbond substituents is 1. The van der Waals surface area contributed by atoms with Gasteiger partial charge in [-0.2, -0.15) is 14.9 Å². The molecule has 0 aliphatic heterocycles. The van der Waals surface area contributed by atoms with Crippen LogP contribution in [0.5, 0.6) is 11.5 Å². The SMILES string of the molecule is COc1cc(/C=N/Nc2cnn(-c3ccccc3)c(=O)c2Cl)cc(Br)c1O. The molecule has 0 atom stereocenters. The maximum absolute atomic E-state index is 12.4. The number of hydrazone groups is 1. The first kappa shape index (κ1) is 18.9. The van der Waals surface area contributed by atoms with Gasteiger partial charge in [-0.3, -0.25) is 10.2 Å². The van der Waals surface area contributed by atoms with Crippen molar-refractivity contribution in [2.24, 2.45) is 5.10 Å². The Morgan fingerprint density at radius 3 is 2.78 bits per heavy atom. The third-order valence-corrected chi connectivity index (χ3v) is 4.56. The highest BCUT2D eigenvalue weighted by Gasteiger charge is 2.10. The van der Waals surface area contributed by atoms with Crippen LogP contribution in [0.15, 0.2) is 63.0 Å². The normalized spacial score (nSPS) is 10.9. The van der Waals surface area contributed by atoms with Gasteiger partial charge in [0.25, 0.3) is 5.56 Å². The second-order valence-corrected chi connectivity index (χ2v) is 6.58. The van der Waals surface area contributed by atoms with Gasteiger partial charge in [0.1, 0.15) is 10.7 Å². The third kappa shape index (κ3) is 4.12. The highest BCUT2D eigenvalue weighted by Crippen LogP contribution is 2.34. The average Bonchev–Trinajstić information content (AvgIpc) is 2.68. The van der Waals surface area contributed by atoms with E-state index in [-0.39, 0.29) is 16.5 Å². The molecule has 3 rings (SSSR count). The fraction of sp³-hybridized carbons (Fsp3) is 0.0556. The molecule has 0 unspecified atom stereocenters. The van der Waals surface area contributed by atoms with Crippen molar-refractivity contribution in [3.8, 4) is 17.2 Å². The lowest BCUT2D eigenvalue weighted by Gasteiger charge is -2.08. The fourth-order valence-electron chi connectivity index (χ4n) is 2.26. The Kier molecular flexibility index (Phi) is 5.78. The Hall–Kier alpha value is -2.84. The minimum absolute atomic E-state index is 0.000578. The maximum Gasteiger partial charge on any atom is 0.292 e.